The zero-order valence-corrected chi connectivity index (χ0v) is 16.8. The van der Waals surface area contributed by atoms with E-state index in [4.69, 9.17) is 9.15 Å². The summed E-state index contributed by atoms with van der Waals surface area (Å²) < 4.78 is 11.0. The molecule has 0 atom stereocenters. The Morgan fingerprint density at radius 3 is 2.53 bits per heavy atom. The van der Waals surface area contributed by atoms with Gasteiger partial charge in [-0.1, -0.05) is 12.1 Å². The van der Waals surface area contributed by atoms with Gasteiger partial charge < -0.3 is 19.8 Å². The molecule has 1 aromatic heterocycles. The summed E-state index contributed by atoms with van der Waals surface area (Å²) in [6, 6.07) is 18.7. The molecule has 0 saturated heterocycles. The third-order valence-electron chi connectivity index (χ3n) is 4.99. The number of para-hydroxylation sites is 1. The van der Waals surface area contributed by atoms with Crippen LogP contribution in [0.15, 0.2) is 65.1 Å². The molecule has 30 heavy (non-hydrogen) atoms. The van der Waals surface area contributed by atoms with Crippen molar-refractivity contribution in [2.24, 2.45) is 0 Å². The minimum Gasteiger partial charge on any atom is -0.497 e. The molecule has 0 radical (unpaired) electrons. The fourth-order valence-corrected chi connectivity index (χ4v) is 3.15. The Morgan fingerprint density at radius 1 is 1.03 bits per heavy atom. The van der Waals surface area contributed by atoms with Crippen molar-refractivity contribution < 1.29 is 18.7 Å². The molecule has 3 aromatic rings. The van der Waals surface area contributed by atoms with Crippen LogP contribution in [-0.2, 0) is 11.2 Å². The van der Waals surface area contributed by atoms with E-state index < -0.39 is 0 Å². The van der Waals surface area contributed by atoms with Crippen molar-refractivity contribution in [1.29, 1.82) is 0 Å². The summed E-state index contributed by atoms with van der Waals surface area (Å²) in [5.74, 6) is 1.95. The smallest absolute Gasteiger partial charge is 0.253 e. The largest absolute Gasteiger partial charge is 0.497 e. The highest BCUT2D eigenvalue weighted by molar-refractivity contribution is 6.03. The fourth-order valence-electron chi connectivity index (χ4n) is 3.15. The summed E-state index contributed by atoms with van der Waals surface area (Å²) in [4.78, 5) is 24.8. The molecular weight excluding hydrogens is 380 g/mol. The van der Waals surface area contributed by atoms with Crippen LogP contribution < -0.4 is 15.4 Å². The molecule has 6 nitrogen and oxygen atoms in total. The van der Waals surface area contributed by atoms with Gasteiger partial charge >= 0.3 is 0 Å². The summed E-state index contributed by atoms with van der Waals surface area (Å²) in [6.07, 6.45) is 2.76. The lowest BCUT2D eigenvalue weighted by atomic mass is 10.1. The number of amides is 2. The second-order valence-corrected chi connectivity index (χ2v) is 7.34. The maximum absolute atomic E-state index is 12.4. The van der Waals surface area contributed by atoms with E-state index in [2.05, 4.69) is 10.6 Å². The highest BCUT2D eigenvalue weighted by Gasteiger charge is 2.25. The quantitative estimate of drug-likeness (QED) is 0.582. The lowest BCUT2D eigenvalue weighted by molar-refractivity contribution is -0.116. The first-order valence-corrected chi connectivity index (χ1v) is 10.1. The highest BCUT2D eigenvalue weighted by atomic mass is 16.5. The molecule has 1 aliphatic carbocycles. The molecule has 0 spiro atoms. The van der Waals surface area contributed by atoms with Gasteiger partial charge in [-0.15, -0.1) is 0 Å². The Balaban J connectivity index is 1.34. The Bertz CT molecular complexity index is 1040. The topological polar surface area (TPSA) is 80.6 Å². The Kier molecular flexibility index (Phi) is 5.84. The van der Waals surface area contributed by atoms with E-state index in [-0.39, 0.29) is 24.3 Å². The van der Waals surface area contributed by atoms with Crippen molar-refractivity contribution in [3.05, 3.63) is 72.0 Å². The summed E-state index contributed by atoms with van der Waals surface area (Å²) >= 11 is 0. The summed E-state index contributed by atoms with van der Waals surface area (Å²) in [7, 11) is 1.63. The second-order valence-electron chi connectivity index (χ2n) is 7.34. The van der Waals surface area contributed by atoms with Crippen LogP contribution in [-0.4, -0.2) is 25.0 Å². The van der Waals surface area contributed by atoms with Gasteiger partial charge in [-0.3, -0.25) is 9.59 Å². The number of benzene rings is 2. The minimum absolute atomic E-state index is 0.149. The van der Waals surface area contributed by atoms with E-state index in [1.165, 1.54) is 0 Å². The molecule has 1 fully saturated rings. The second kappa shape index (κ2) is 8.86. The van der Waals surface area contributed by atoms with E-state index in [0.29, 0.717) is 17.7 Å². The molecule has 0 unspecified atom stereocenters. The molecule has 1 heterocycles. The molecule has 2 amide bonds. The van der Waals surface area contributed by atoms with Crippen molar-refractivity contribution in [2.75, 3.05) is 12.4 Å². The van der Waals surface area contributed by atoms with E-state index in [1.54, 1.807) is 31.4 Å². The van der Waals surface area contributed by atoms with E-state index in [0.717, 1.165) is 35.7 Å². The molecule has 0 bridgehead atoms. The number of ether oxygens (including phenoxy) is 1. The van der Waals surface area contributed by atoms with Gasteiger partial charge in [-0.25, -0.2) is 0 Å². The Hall–Kier alpha value is -3.54. The van der Waals surface area contributed by atoms with Crippen molar-refractivity contribution in [3.63, 3.8) is 0 Å². The van der Waals surface area contributed by atoms with Crippen LogP contribution in [0, 0.1) is 0 Å². The summed E-state index contributed by atoms with van der Waals surface area (Å²) in [5, 5.41) is 5.81. The highest BCUT2D eigenvalue weighted by Crippen LogP contribution is 2.25. The molecule has 2 N–H and O–H groups in total. The van der Waals surface area contributed by atoms with Crippen LogP contribution in [0.1, 0.15) is 35.4 Å². The van der Waals surface area contributed by atoms with Crippen LogP contribution in [0.25, 0.3) is 11.3 Å². The standard InChI is InChI=1S/C24H24N2O4/c1-29-18-10-6-16(7-11-18)22-14-12-19(30-22)13-15-23(27)26-21-5-3-2-4-20(21)24(28)25-17-8-9-17/h2-7,10-12,14,17H,8-9,13,15H2,1H3,(H,25,28)(H,26,27). The van der Waals surface area contributed by atoms with Gasteiger partial charge in [0.15, 0.2) is 0 Å². The van der Waals surface area contributed by atoms with Crippen molar-refractivity contribution in [1.82, 2.24) is 5.32 Å². The van der Waals surface area contributed by atoms with Crippen LogP contribution in [0.2, 0.25) is 0 Å². The number of methoxy groups -OCH3 is 1. The van der Waals surface area contributed by atoms with Gasteiger partial charge in [-0.2, -0.15) is 0 Å². The zero-order chi connectivity index (χ0) is 20.9. The van der Waals surface area contributed by atoms with Crippen LogP contribution in [0.5, 0.6) is 5.75 Å². The number of hydrogen-bond acceptors (Lipinski definition) is 4. The van der Waals surface area contributed by atoms with Crippen LogP contribution in [0.3, 0.4) is 0 Å². The maximum atomic E-state index is 12.4. The number of hydrogen-bond donors (Lipinski definition) is 2. The van der Waals surface area contributed by atoms with Crippen molar-refractivity contribution in [3.8, 4) is 17.1 Å². The SMILES string of the molecule is COc1ccc(-c2ccc(CCC(=O)Nc3ccccc3C(=O)NC3CC3)o2)cc1. The van der Waals surface area contributed by atoms with Crippen LogP contribution in [0.4, 0.5) is 5.69 Å². The Morgan fingerprint density at radius 2 is 1.80 bits per heavy atom. The lowest BCUT2D eigenvalue weighted by Crippen LogP contribution is -2.27. The normalized spacial score (nSPS) is 13.0. The van der Waals surface area contributed by atoms with Crippen molar-refractivity contribution in [2.45, 2.75) is 31.7 Å². The third-order valence-corrected chi connectivity index (χ3v) is 4.99. The number of aryl methyl sites for hydroxylation is 1. The number of furan rings is 1. The molecule has 4 rings (SSSR count). The molecule has 2 aromatic carbocycles. The van der Waals surface area contributed by atoms with E-state index in [9.17, 15) is 9.59 Å². The predicted octanol–water partition coefficient (Wildman–Crippen LogP) is 4.42. The minimum atomic E-state index is -0.163. The first-order valence-electron chi connectivity index (χ1n) is 10.1. The number of nitrogens with one attached hydrogen (secondary N) is 2. The average Bonchev–Trinajstić information content (AvgIpc) is 3.45. The monoisotopic (exact) mass is 404 g/mol. The molecular formula is C24H24N2O4. The maximum Gasteiger partial charge on any atom is 0.253 e. The molecule has 154 valence electrons. The van der Waals surface area contributed by atoms with Crippen LogP contribution >= 0.6 is 0 Å². The zero-order valence-electron chi connectivity index (χ0n) is 16.8. The van der Waals surface area contributed by atoms with Gasteiger partial charge in [-0.05, 0) is 61.4 Å². The first kappa shape index (κ1) is 19.8. The van der Waals surface area contributed by atoms with Gasteiger partial charge in [0.25, 0.3) is 5.91 Å². The van der Waals surface area contributed by atoms with Crippen molar-refractivity contribution >= 4 is 17.5 Å². The van der Waals surface area contributed by atoms with Gasteiger partial charge in [0.1, 0.15) is 17.3 Å². The lowest BCUT2D eigenvalue weighted by Gasteiger charge is -2.11. The molecule has 1 aliphatic rings. The Labute approximate surface area is 175 Å². The molecule has 0 aliphatic heterocycles. The van der Waals surface area contributed by atoms with Gasteiger partial charge in [0, 0.05) is 24.4 Å². The molecule has 6 heteroatoms. The van der Waals surface area contributed by atoms with Gasteiger partial charge in [0.2, 0.25) is 5.91 Å². The fraction of sp³-hybridized carbons (Fsp3) is 0.250. The first-order chi connectivity index (χ1) is 14.6. The van der Waals surface area contributed by atoms with Gasteiger partial charge in [0.05, 0.1) is 18.4 Å². The third kappa shape index (κ3) is 4.89. The number of anilines is 1. The number of carbonyl (C=O) groups excluding carboxylic acids is 2. The predicted molar refractivity (Wildman–Crippen MR) is 115 cm³/mol. The number of rotatable bonds is 8. The molecule has 1 saturated carbocycles. The number of carbonyl (C=O) groups is 2. The van der Waals surface area contributed by atoms with E-state index in [1.807, 2.05) is 36.4 Å². The average molecular weight is 404 g/mol. The van der Waals surface area contributed by atoms with E-state index >= 15 is 0 Å². The summed E-state index contributed by atoms with van der Waals surface area (Å²) in [5.41, 5.74) is 1.96. The summed E-state index contributed by atoms with van der Waals surface area (Å²) in [6.45, 7) is 0.